The van der Waals surface area contributed by atoms with E-state index in [1.807, 2.05) is 0 Å². The molecule has 1 N–H and O–H groups in total. The Balaban J connectivity index is 5.24. The molecular formula is C4H2F6O3S. The molecule has 1 unspecified atom stereocenters. The molecule has 0 rings (SSSR count). The molecule has 0 spiro atoms. The molecule has 0 saturated heterocycles. The minimum absolute atomic E-state index is 3.24. The molecule has 1 atom stereocenters. The zero-order valence-electron chi connectivity index (χ0n) is 6.02. The molecule has 0 aromatic rings. The Labute approximate surface area is 73.8 Å². The maximum Gasteiger partial charge on any atom is 0.445 e. The first-order valence-electron chi connectivity index (χ1n) is 2.70. The van der Waals surface area contributed by atoms with Crippen LogP contribution < -0.4 is 0 Å². The minimum Gasteiger partial charge on any atom is -0.283 e. The molecule has 0 saturated carbocycles. The quantitative estimate of drug-likeness (QED) is 0.596. The summed E-state index contributed by atoms with van der Waals surface area (Å²) < 4.78 is 97.3. The van der Waals surface area contributed by atoms with Crippen molar-refractivity contribution in [2.75, 3.05) is 0 Å². The molecular weight excluding hydrogens is 242 g/mol. The second-order valence-electron chi connectivity index (χ2n) is 1.99. The number of hydrogen-bond acceptors (Lipinski definition) is 2. The van der Waals surface area contributed by atoms with Crippen LogP contribution in [0, 0.1) is 0 Å². The van der Waals surface area contributed by atoms with Crippen molar-refractivity contribution in [2.45, 2.75) is 11.7 Å². The number of alkyl halides is 4. The van der Waals surface area contributed by atoms with E-state index in [0.29, 0.717) is 0 Å². The van der Waals surface area contributed by atoms with Crippen molar-refractivity contribution < 1.29 is 39.3 Å². The third-order valence-electron chi connectivity index (χ3n) is 0.919. The Kier molecular flexibility index (Phi) is 3.56. The topological polar surface area (TPSA) is 54.4 Å². The van der Waals surface area contributed by atoms with Gasteiger partial charge in [-0.25, -0.2) is 8.78 Å². The molecule has 10 heteroatoms. The van der Waals surface area contributed by atoms with Gasteiger partial charge in [-0.2, -0.15) is 26.0 Å². The van der Waals surface area contributed by atoms with Crippen LogP contribution in [0.25, 0.3) is 0 Å². The van der Waals surface area contributed by atoms with Crippen molar-refractivity contribution in [1.29, 1.82) is 0 Å². The fourth-order valence-electron chi connectivity index (χ4n) is 0.366. The van der Waals surface area contributed by atoms with Crippen LogP contribution in [-0.4, -0.2) is 24.7 Å². The van der Waals surface area contributed by atoms with Crippen LogP contribution in [0.2, 0.25) is 0 Å². The van der Waals surface area contributed by atoms with E-state index in [1.54, 1.807) is 0 Å². The van der Waals surface area contributed by atoms with Gasteiger partial charge in [0.25, 0.3) is 5.50 Å². The summed E-state index contributed by atoms with van der Waals surface area (Å²) in [4.78, 5) is 0. The summed E-state index contributed by atoms with van der Waals surface area (Å²) in [5, 5.41) is 0. The summed E-state index contributed by atoms with van der Waals surface area (Å²) in [7, 11) is -5.75. The standard InChI is InChI=1S/C4H2F6O3S/c5-1(2(6)4(8,9)10)3(7)14(11,12)13/h3H,(H,11,12,13). The van der Waals surface area contributed by atoms with Crippen LogP contribution in [0.3, 0.4) is 0 Å². The minimum atomic E-state index is -5.85. The number of hydrogen-bond donors (Lipinski definition) is 1. The zero-order valence-corrected chi connectivity index (χ0v) is 6.83. The van der Waals surface area contributed by atoms with E-state index in [2.05, 4.69) is 0 Å². The van der Waals surface area contributed by atoms with E-state index in [9.17, 15) is 34.8 Å². The van der Waals surface area contributed by atoms with E-state index in [0.717, 1.165) is 0 Å². The normalized spacial score (nSPS) is 17.6. The van der Waals surface area contributed by atoms with Gasteiger partial charge in [0.05, 0.1) is 0 Å². The van der Waals surface area contributed by atoms with Crippen molar-refractivity contribution >= 4 is 10.1 Å². The summed E-state index contributed by atoms with van der Waals surface area (Å²) in [5.74, 6) is -6.78. The van der Waals surface area contributed by atoms with Crippen molar-refractivity contribution in [3.63, 3.8) is 0 Å². The van der Waals surface area contributed by atoms with Gasteiger partial charge in [-0.3, -0.25) is 4.55 Å². The first kappa shape index (κ1) is 13.2. The molecule has 0 bridgehead atoms. The van der Waals surface area contributed by atoms with Crippen molar-refractivity contribution in [3.05, 3.63) is 11.7 Å². The average Bonchev–Trinajstić information content (AvgIpc) is 1.97. The highest BCUT2D eigenvalue weighted by Gasteiger charge is 2.43. The van der Waals surface area contributed by atoms with Crippen molar-refractivity contribution in [2.24, 2.45) is 0 Å². The lowest BCUT2D eigenvalue weighted by atomic mass is 10.4. The fourth-order valence-corrected chi connectivity index (χ4v) is 0.731. The second-order valence-corrected chi connectivity index (χ2v) is 3.43. The van der Waals surface area contributed by atoms with Crippen LogP contribution in [-0.2, 0) is 10.1 Å². The van der Waals surface area contributed by atoms with E-state index < -0.39 is 33.5 Å². The van der Waals surface area contributed by atoms with Gasteiger partial charge in [0, 0.05) is 0 Å². The fraction of sp³-hybridized carbons (Fsp3) is 0.500. The van der Waals surface area contributed by atoms with Gasteiger partial charge < -0.3 is 0 Å². The summed E-state index contributed by atoms with van der Waals surface area (Å²) >= 11 is 0. The average molecular weight is 244 g/mol. The highest BCUT2D eigenvalue weighted by atomic mass is 32.2. The molecule has 0 aromatic heterocycles. The SMILES string of the molecule is O=S(=O)(O)C(F)C(F)=C(F)C(F)(F)F. The maximum atomic E-state index is 12.1. The smallest absolute Gasteiger partial charge is 0.283 e. The predicted octanol–water partition coefficient (Wildman–Crippen LogP) is 1.88. The largest absolute Gasteiger partial charge is 0.445 e. The van der Waals surface area contributed by atoms with Gasteiger partial charge in [0.1, 0.15) is 0 Å². The van der Waals surface area contributed by atoms with Gasteiger partial charge in [-0.15, -0.1) is 0 Å². The number of allylic oxidation sites excluding steroid dienone is 1. The maximum absolute atomic E-state index is 12.1. The van der Waals surface area contributed by atoms with Gasteiger partial charge in [0.15, 0.2) is 5.83 Å². The lowest BCUT2D eigenvalue weighted by Gasteiger charge is -2.06. The molecule has 0 fully saturated rings. The molecule has 0 amide bonds. The van der Waals surface area contributed by atoms with Gasteiger partial charge in [0.2, 0.25) is 5.83 Å². The summed E-state index contributed by atoms with van der Waals surface area (Å²) in [6.07, 6.45) is -5.85. The summed E-state index contributed by atoms with van der Waals surface area (Å²) in [6.45, 7) is 0. The first-order chi connectivity index (χ1) is 5.98. The molecule has 0 aliphatic rings. The van der Waals surface area contributed by atoms with Gasteiger partial charge in [-0.05, 0) is 0 Å². The highest BCUT2D eigenvalue weighted by Crippen LogP contribution is 2.32. The Hall–Kier alpha value is -0.770. The molecule has 0 heterocycles. The van der Waals surface area contributed by atoms with Crippen molar-refractivity contribution in [3.8, 4) is 0 Å². The Bertz CT molecular complexity index is 341. The van der Waals surface area contributed by atoms with Crippen molar-refractivity contribution in [1.82, 2.24) is 0 Å². The van der Waals surface area contributed by atoms with E-state index in [-0.39, 0.29) is 0 Å². The summed E-state index contributed by atoms with van der Waals surface area (Å²) in [5.41, 5.74) is -4.08. The van der Waals surface area contributed by atoms with Gasteiger partial charge >= 0.3 is 16.3 Å². The molecule has 84 valence electrons. The zero-order chi connectivity index (χ0) is 11.7. The Morgan fingerprint density at radius 3 is 1.79 bits per heavy atom. The molecule has 0 aromatic carbocycles. The number of rotatable bonds is 2. The number of halogens is 6. The highest BCUT2D eigenvalue weighted by molar-refractivity contribution is 7.86. The molecule has 0 aliphatic heterocycles. The van der Waals surface area contributed by atoms with Crippen LogP contribution >= 0.6 is 0 Å². The monoisotopic (exact) mass is 244 g/mol. The lowest BCUT2D eigenvalue weighted by Crippen LogP contribution is -2.20. The molecule has 0 radical (unpaired) electrons. The third kappa shape index (κ3) is 3.18. The van der Waals surface area contributed by atoms with Gasteiger partial charge in [-0.1, -0.05) is 0 Å². The molecule has 0 aliphatic carbocycles. The third-order valence-corrected chi connectivity index (χ3v) is 1.65. The van der Waals surface area contributed by atoms with E-state index >= 15 is 0 Å². The van der Waals surface area contributed by atoms with E-state index in [1.165, 1.54) is 0 Å². The van der Waals surface area contributed by atoms with Crippen LogP contribution in [0.5, 0.6) is 0 Å². The molecule has 3 nitrogen and oxygen atoms in total. The Morgan fingerprint density at radius 2 is 1.57 bits per heavy atom. The second kappa shape index (κ2) is 3.77. The van der Waals surface area contributed by atoms with Crippen LogP contribution in [0.1, 0.15) is 0 Å². The molecule has 14 heavy (non-hydrogen) atoms. The predicted molar refractivity (Wildman–Crippen MR) is 31.7 cm³/mol. The summed E-state index contributed by atoms with van der Waals surface area (Å²) in [6, 6.07) is 0. The van der Waals surface area contributed by atoms with Crippen LogP contribution in [0.4, 0.5) is 26.3 Å². The van der Waals surface area contributed by atoms with Crippen LogP contribution in [0.15, 0.2) is 11.7 Å². The Morgan fingerprint density at radius 1 is 1.21 bits per heavy atom. The van der Waals surface area contributed by atoms with E-state index in [4.69, 9.17) is 4.55 Å². The lowest BCUT2D eigenvalue weighted by molar-refractivity contribution is -0.111. The first-order valence-corrected chi connectivity index (χ1v) is 4.21.